The van der Waals surface area contributed by atoms with E-state index in [4.69, 9.17) is 5.73 Å². The number of rotatable bonds is 5. The average molecular weight is 451 g/mol. The molecule has 2 rings (SSSR count). The van der Waals surface area contributed by atoms with Crippen LogP contribution in [0.4, 0.5) is 0 Å². The summed E-state index contributed by atoms with van der Waals surface area (Å²) in [4.78, 5) is 6.79. The summed E-state index contributed by atoms with van der Waals surface area (Å²) in [7, 11) is -3.21. The van der Waals surface area contributed by atoms with Gasteiger partial charge in [-0.3, -0.25) is 4.99 Å². The molecular formula is C16H26IN3O2S. The Balaban J connectivity index is 0.00000264. The molecule has 0 aromatic heterocycles. The number of sulfone groups is 1. The molecule has 0 spiro atoms. The lowest BCUT2D eigenvalue weighted by atomic mass is 10.00. The SMILES string of the molecule is CC1CCN(C(N)=NCCCS(=O)(=O)c2ccccc2)CC1.I. The minimum absolute atomic E-state index is 0. The Bertz CT molecular complexity index is 597. The Hall–Kier alpha value is -0.830. The van der Waals surface area contributed by atoms with Crippen molar-refractivity contribution in [1.29, 1.82) is 0 Å². The molecular weight excluding hydrogens is 425 g/mol. The Morgan fingerprint density at radius 3 is 2.48 bits per heavy atom. The maximum atomic E-state index is 12.1. The maximum Gasteiger partial charge on any atom is 0.191 e. The van der Waals surface area contributed by atoms with E-state index in [1.807, 2.05) is 6.07 Å². The third kappa shape index (κ3) is 6.29. The van der Waals surface area contributed by atoms with Crippen LogP contribution in [0.1, 0.15) is 26.2 Å². The zero-order chi connectivity index (χ0) is 16.0. The van der Waals surface area contributed by atoms with Crippen LogP contribution < -0.4 is 5.73 Å². The summed E-state index contributed by atoms with van der Waals surface area (Å²) in [6.07, 6.45) is 2.76. The van der Waals surface area contributed by atoms with E-state index in [9.17, 15) is 8.42 Å². The largest absolute Gasteiger partial charge is 0.370 e. The fraction of sp³-hybridized carbons (Fsp3) is 0.562. The quantitative estimate of drug-likeness (QED) is 0.323. The van der Waals surface area contributed by atoms with Gasteiger partial charge in [-0.05, 0) is 37.3 Å². The summed E-state index contributed by atoms with van der Waals surface area (Å²) in [6, 6.07) is 8.54. The summed E-state index contributed by atoms with van der Waals surface area (Å²) in [5, 5.41) is 0. The van der Waals surface area contributed by atoms with Gasteiger partial charge in [0.1, 0.15) is 0 Å². The van der Waals surface area contributed by atoms with Gasteiger partial charge in [-0.2, -0.15) is 0 Å². The lowest BCUT2D eigenvalue weighted by molar-refractivity contribution is 0.277. The minimum Gasteiger partial charge on any atom is -0.370 e. The Morgan fingerprint density at radius 2 is 1.87 bits per heavy atom. The van der Waals surface area contributed by atoms with Crippen molar-refractivity contribution in [3.05, 3.63) is 30.3 Å². The fourth-order valence-corrected chi connectivity index (χ4v) is 3.85. The van der Waals surface area contributed by atoms with Crippen LogP contribution in [0.3, 0.4) is 0 Å². The number of hydrogen-bond acceptors (Lipinski definition) is 3. The van der Waals surface area contributed by atoms with Crippen molar-refractivity contribution in [2.24, 2.45) is 16.6 Å². The third-order valence-electron chi connectivity index (χ3n) is 4.05. The first kappa shape index (κ1) is 20.2. The maximum absolute atomic E-state index is 12.1. The van der Waals surface area contributed by atoms with Crippen LogP contribution in [0.25, 0.3) is 0 Å². The van der Waals surface area contributed by atoms with Gasteiger partial charge in [-0.15, -0.1) is 24.0 Å². The van der Waals surface area contributed by atoms with Gasteiger partial charge < -0.3 is 10.6 Å². The number of hydrogen-bond donors (Lipinski definition) is 1. The van der Waals surface area contributed by atoms with Crippen molar-refractivity contribution in [2.75, 3.05) is 25.4 Å². The van der Waals surface area contributed by atoms with Gasteiger partial charge in [-0.25, -0.2) is 8.42 Å². The van der Waals surface area contributed by atoms with Crippen LogP contribution in [-0.4, -0.2) is 44.7 Å². The molecule has 1 heterocycles. The highest BCUT2D eigenvalue weighted by Gasteiger charge is 2.17. The number of guanidine groups is 1. The zero-order valence-electron chi connectivity index (χ0n) is 13.5. The monoisotopic (exact) mass is 451 g/mol. The van der Waals surface area contributed by atoms with Gasteiger partial charge in [0.05, 0.1) is 10.6 Å². The van der Waals surface area contributed by atoms with E-state index in [-0.39, 0.29) is 29.7 Å². The molecule has 1 aliphatic heterocycles. The van der Waals surface area contributed by atoms with Crippen molar-refractivity contribution in [1.82, 2.24) is 4.90 Å². The number of nitrogens with zero attached hydrogens (tertiary/aromatic N) is 2. The highest BCUT2D eigenvalue weighted by molar-refractivity contribution is 14.0. The lowest BCUT2D eigenvalue weighted by Gasteiger charge is -2.31. The van der Waals surface area contributed by atoms with Crippen molar-refractivity contribution in [2.45, 2.75) is 31.1 Å². The molecule has 0 amide bonds. The molecule has 1 aromatic carbocycles. The van der Waals surface area contributed by atoms with E-state index in [1.165, 1.54) is 0 Å². The molecule has 0 unspecified atom stereocenters. The van der Waals surface area contributed by atoms with Crippen LogP contribution >= 0.6 is 24.0 Å². The second-order valence-electron chi connectivity index (χ2n) is 5.89. The van der Waals surface area contributed by atoms with Crippen LogP contribution in [0.5, 0.6) is 0 Å². The predicted octanol–water partition coefficient (Wildman–Crippen LogP) is 2.52. The molecule has 1 fully saturated rings. The lowest BCUT2D eigenvalue weighted by Crippen LogP contribution is -2.42. The molecule has 2 N–H and O–H groups in total. The van der Waals surface area contributed by atoms with Gasteiger partial charge in [-0.1, -0.05) is 25.1 Å². The van der Waals surface area contributed by atoms with E-state index in [2.05, 4.69) is 16.8 Å². The Kier molecular flexibility index (Phi) is 8.32. The normalized spacial score (nSPS) is 16.9. The highest BCUT2D eigenvalue weighted by atomic mass is 127. The van der Waals surface area contributed by atoms with Crippen LogP contribution in [0.2, 0.25) is 0 Å². The number of aliphatic imine (C=N–C) groups is 1. The van der Waals surface area contributed by atoms with Crippen LogP contribution in [0.15, 0.2) is 40.2 Å². The van der Waals surface area contributed by atoms with Gasteiger partial charge in [0.2, 0.25) is 0 Å². The number of likely N-dealkylation sites (tertiary alicyclic amines) is 1. The van der Waals surface area contributed by atoms with E-state index >= 15 is 0 Å². The summed E-state index contributed by atoms with van der Waals surface area (Å²) in [5.74, 6) is 1.40. The van der Waals surface area contributed by atoms with Crippen LogP contribution in [-0.2, 0) is 9.84 Å². The Morgan fingerprint density at radius 1 is 1.26 bits per heavy atom. The zero-order valence-corrected chi connectivity index (χ0v) is 16.7. The summed E-state index contributed by atoms with van der Waals surface area (Å²) in [5.41, 5.74) is 5.98. The Labute approximate surface area is 156 Å². The van der Waals surface area contributed by atoms with Gasteiger partial charge >= 0.3 is 0 Å². The molecule has 5 nitrogen and oxygen atoms in total. The molecule has 1 saturated heterocycles. The molecule has 23 heavy (non-hydrogen) atoms. The number of nitrogens with two attached hydrogens (primary N) is 1. The van der Waals surface area contributed by atoms with Crippen molar-refractivity contribution >= 4 is 39.8 Å². The summed E-state index contributed by atoms with van der Waals surface area (Å²) < 4.78 is 24.2. The number of benzene rings is 1. The average Bonchev–Trinajstić information content (AvgIpc) is 2.53. The fourth-order valence-electron chi connectivity index (χ4n) is 2.53. The van der Waals surface area contributed by atoms with Crippen LogP contribution in [0, 0.1) is 5.92 Å². The van der Waals surface area contributed by atoms with Crippen molar-refractivity contribution in [3.63, 3.8) is 0 Å². The van der Waals surface area contributed by atoms with Crippen molar-refractivity contribution in [3.8, 4) is 0 Å². The molecule has 130 valence electrons. The minimum atomic E-state index is -3.21. The number of halogens is 1. The first-order valence-electron chi connectivity index (χ1n) is 7.82. The van der Waals surface area contributed by atoms with Crippen molar-refractivity contribution < 1.29 is 8.42 Å². The molecule has 7 heteroatoms. The first-order valence-corrected chi connectivity index (χ1v) is 9.47. The third-order valence-corrected chi connectivity index (χ3v) is 5.87. The van der Waals surface area contributed by atoms with Gasteiger partial charge in [0.25, 0.3) is 0 Å². The predicted molar refractivity (Wildman–Crippen MR) is 105 cm³/mol. The standard InChI is InChI=1S/C16H25N3O2S.HI/c1-14-8-11-19(12-9-14)16(17)18-10-5-13-22(20,21)15-6-3-2-4-7-15;/h2-4,6-7,14H,5,8-13H2,1H3,(H2,17,18);1H. The highest BCUT2D eigenvalue weighted by Crippen LogP contribution is 2.15. The molecule has 1 aromatic rings. The first-order chi connectivity index (χ1) is 10.5. The second-order valence-corrected chi connectivity index (χ2v) is 8.00. The smallest absolute Gasteiger partial charge is 0.191 e. The van der Waals surface area contributed by atoms with E-state index < -0.39 is 9.84 Å². The summed E-state index contributed by atoms with van der Waals surface area (Å²) in [6.45, 7) is 4.58. The topological polar surface area (TPSA) is 75.8 Å². The molecule has 0 saturated carbocycles. The summed E-state index contributed by atoms with van der Waals surface area (Å²) >= 11 is 0. The molecule has 0 aliphatic carbocycles. The molecule has 0 bridgehead atoms. The van der Waals surface area contributed by atoms with Gasteiger partial charge in [0.15, 0.2) is 15.8 Å². The molecule has 1 aliphatic rings. The second kappa shape index (κ2) is 9.46. The van der Waals surface area contributed by atoms with E-state index in [0.29, 0.717) is 23.8 Å². The number of piperidine rings is 1. The van der Waals surface area contributed by atoms with Gasteiger partial charge in [0, 0.05) is 19.6 Å². The molecule has 0 atom stereocenters. The molecule has 0 radical (unpaired) electrons. The van der Waals surface area contributed by atoms with E-state index in [0.717, 1.165) is 31.8 Å². The van der Waals surface area contributed by atoms with E-state index in [1.54, 1.807) is 24.3 Å².